The monoisotopic (exact) mass is 351 g/mol. The number of hydrogen-bond acceptors (Lipinski definition) is 2. The summed E-state index contributed by atoms with van der Waals surface area (Å²) in [6.07, 6.45) is 6.77. The minimum Gasteiger partial charge on any atom is -0.361 e. The lowest BCUT2D eigenvalue weighted by atomic mass is 9.86. The van der Waals surface area contributed by atoms with Gasteiger partial charge < -0.3 is 15.2 Å². The van der Waals surface area contributed by atoms with Crippen molar-refractivity contribution < 1.29 is 9.59 Å². The molecule has 5 heteroatoms. The molecule has 2 aromatic rings. The Labute approximate surface area is 153 Å². The molecule has 136 valence electrons. The number of allylic oxidation sites excluding steroid dienone is 1. The van der Waals surface area contributed by atoms with Gasteiger partial charge in [0, 0.05) is 30.1 Å². The maximum Gasteiger partial charge on any atom is 0.246 e. The van der Waals surface area contributed by atoms with Crippen molar-refractivity contribution in [3.8, 4) is 0 Å². The molecule has 4 rings (SSSR count). The first-order valence-electron chi connectivity index (χ1n) is 9.32. The highest BCUT2D eigenvalue weighted by molar-refractivity contribution is 6.01. The van der Waals surface area contributed by atoms with E-state index in [0.717, 1.165) is 29.3 Å². The van der Waals surface area contributed by atoms with Crippen LogP contribution in [0.3, 0.4) is 0 Å². The summed E-state index contributed by atoms with van der Waals surface area (Å²) in [5, 5.41) is 4.14. The van der Waals surface area contributed by atoms with Crippen LogP contribution in [0.5, 0.6) is 0 Å². The van der Waals surface area contributed by atoms with Crippen LogP contribution in [0.4, 0.5) is 0 Å². The molecule has 5 nitrogen and oxygen atoms in total. The predicted molar refractivity (Wildman–Crippen MR) is 102 cm³/mol. The third kappa shape index (κ3) is 2.62. The van der Waals surface area contributed by atoms with Crippen molar-refractivity contribution in [2.75, 3.05) is 6.54 Å². The molecule has 2 saturated heterocycles. The Morgan fingerprint density at radius 3 is 2.92 bits per heavy atom. The van der Waals surface area contributed by atoms with E-state index in [9.17, 15) is 9.59 Å². The van der Waals surface area contributed by atoms with Gasteiger partial charge in [-0.25, -0.2) is 0 Å². The van der Waals surface area contributed by atoms with E-state index in [4.69, 9.17) is 0 Å². The van der Waals surface area contributed by atoms with Crippen molar-refractivity contribution >= 4 is 22.7 Å². The molecule has 2 amide bonds. The van der Waals surface area contributed by atoms with Gasteiger partial charge in [-0.3, -0.25) is 9.59 Å². The number of carbonyl (C=O) groups excluding carboxylic acids is 2. The number of benzene rings is 1. The molecule has 26 heavy (non-hydrogen) atoms. The SMILES string of the molecule is CC(C)=CC[C@@]12CCCN1C(=O)[C@H](Cc1c[nH]c3ccccc13)NC2=O. The van der Waals surface area contributed by atoms with Crippen LogP contribution >= 0.6 is 0 Å². The molecular weight excluding hydrogens is 326 g/mol. The van der Waals surface area contributed by atoms with Crippen molar-refractivity contribution in [3.05, 3.63) is 47.7 Å². The summed E-state index contributed by atoms with van der Waals surface area (Å²) in [5.74, 6) is 0.0477. The molecule has 0 aliphatic carbocycles. The van der Waals surface area contributed by atoms with Crippen LogP contribution in [-0.2, 0) is 16.0 Å². The fourth-order valence-corrected chi connectivity index (χ4v) is 4.31. The molecule has 2 N–H and O–H groups in total. The van der Waals surface area contributed by atoms with E-state index in [-0.39, 0.29) is 11.8 Å². The fraction of sp³-hybridized carbons (Fsp3) is 0.429. The second kappa shape index (κ2) is 6.31. The van der Waals surface area contributed by atoms with Gasteiger partial charge in [0.1, 0.15) is 11.6 Å². The lowest BCUT2D eigenvalue weighted by Gasteiger charge is -2.43. The molecule has 1 aromatic heterocycles. The van der Waals surface area contributed by atoms with Crippen molar-refractivity contribution in [1.82, 2.24) is 15.2 Å². The molecule has 0 radical (unpaired) electrons. The van der Waals surface area contributed by atoms with Crippen LogP contribution in [0.25, 0.3) is 10.9 Å². The second-order valence-electron chi connectivity index (χ2n) is 7.70. The van der Waals surface area contributed by atoms with Gasteiger partial charge in [0.15, 0.2) is 0 Å². The Morgan fingerprint density at radius 1 is 1.31 bits per heavy atom. The highest BCUT2D eigenvalue weighted by Crippen LogP contribution is 2.37. The molecule has 2 aliphatic heterocycles. The number of aromatic nitrogens is 1. The predicted octanol–water partition coefficient (Wildman–Crippen LogP) is 2.93. The average Bonchev–Trinajstić information content (AvgIpc) is 3.23. The Bertz CT molecular complexity index is 894. The standard InChI is InChI=1S/C21H25N3O2/c1-14(2)8-10-21-9-5-11-24(21)19(25)18(23-20(21)26)12-15-13-22-17-7-4-3-6-16(15)17/h3-4,6-8,13,18,22H,5,9-12H2,1-2H3,(H,23,26)/t18-,21+/m0/s1. The maximum absolute atomic E-state index is 13.1. The van der Waals surface area contributed by atoms with E-state index in [1.54, 1.807) is 0 Å². The number of H-pyrrole nitrogens is 1. The van der Waals surface area contributed by atoms with Crippen LogP contribution < -0.4 is 5.32 Å². The van der Waals surface area contributed by atoms with Gasteiger partial charge in [0.25, 0.3) is 0 Å². The molecular formula is C21H25N3O2. The molecule has 0 spiro atoms. The zero-order chi connectivity index (χ0) is 18.3. The first-order valence-corrected chi connectivity index (χ1v) is 9.32. The normalized spacial score (nSPS) is 25.3. The molecule has 3 heterocycles. The highest BCUT2D eigenvalue weighted by atomic mass is 16.2. The minimum absolute atomic E-state index is 0.00283. The van der Waals surface area contributed by atoms with Crippen LogP contribution in [0.15, 0.2) is 42.1 Å². The first kappa shape index (κ1) is 16.9. The summed E-state index contributed by atoms with van der Waals surface area (Å²) in [6, 6.07) is 7.56. The molecule has 0 saturated carbocycles. The van der Waals surface area contributed by atoms with E-state index in [1.165, 1.54) is 5.57 Å². The number of carbonyl (C=O) groups is 2. The van der Waals surface area contributed by atoms with Gasteiger partial charge in [-0.15, -0.1) is 0 Å². The van der Waals surface area contributed by atoms with Gasteiger partial charge in [-0.1, -0.05) is 29.8 Å². The van der Waals surface area contributed by atoms with E-state index in [2.05, 4.69) is 16.4 Å². The molecule has 2 atom stereocenters. The lowest BCUT2D eigenvalue weighted by molar-refractivity contribution is -0.154. The van der Waals surface area contributed by atoms with Crippen LogP contribution in [0, 0.1) is 0 Å². The summed E-state index contributed by atoms with van der Waals surface area (Å²) < 4.78 is 0. The summed E-state index contributed by atoms with van der Waals surface area (Å²) in [4.78, 5) is 31.2. The molecule has 2 aliphatic rings. The number of nitrogens with zero attached hydrogens (tertiary/aromatic N) is 1. The molecule has 2 fully saturated rings. The second-order valence-corrected chi connectivity index (χ2v) is 7.70. The van der Waals surface area contributed by atoms with Gasteiger partial charge in [0.05, 0.1) is 0 Å². The number of aromatic amines is 1. The number of amides is 2. The number of nitrogens with one attached hydrogen (secondary N) is 2. The van der Waals surface area contributed by atoms with Gasteiger partial charge >= 0.3 is 0 Å². The number of fused-ring (bicyclic) bond motifs is 2. The summed E-state index contributed by atoms with van der Waals surface area (Å²) in [7, 11) is 0. The van der Waals surface area contributed by atoms with E-state index in [0.29, 0.717) is 19.4 Å². The van der Waals surface area contributed by atoms with Gasteiger partial charge in [-0.2, -0.15) is 0 Å². The van der Waals surface area contributed by atoms with Gasteiger partial charge in [-0.05, 0) is 44.7 Å². The lowest BCUT2D eigenvalue weighted by Crippen LogP contribution is -2.68. The van der Waals surface area contributed by atoms with Crippen molar-refractivity contribution in [3.63, 3.8) is 0 Å². The Kier molecular flexibility index (Phi) is 4.10. The average molecular weight is 351 g/mol. The molecule has 0 bridgehead atoms. The third-order valence-electron chi connectivity index (χ3n) is 5.73. The maximum atomic E-state index is 13.1. The topological polar surface area (TPSA) is 65.2 Å². The fourth-order valence-electron chi connectivity index (χ4n) is 4.31. The Balaban J connectivity index is 1.60. The number of rotatable bonds is 4. The van der Waals surface area contributed by atoms with Crippen molar-refractivity contribution in [2.45, 2.75) is 51.1 Å². The van der Waals surface area contributed by atoms with E-state index >= 15 is 0 Å². The largest absolute Gasteiger partial charge is 0.361 e. The summed E-state index contributed by atoms with van der Waals surface area (Å²) >= 11 is 0. The third-order valence-corrected chi connectivity index (χ3v) is 5.73. The van der Waals surface area contributed by atoms with Crippen LogP contribution in [0.1, 0.15) is 38.7 Å². The number of para-hydroxylation sites is 1. The first-order chi connectivity index (χ1) is 12.5. The van der Waals surface area contributed by atoms with Gasteiger partial charge in [0.2, 0.25) is 11.8 Å². The van der Waals surface area contributed by atoms with Crippen LogP contribution in [-0.4, -0.2) is 39.8 Å². The quantitative estimate of drug-likeness (QED) is 0.832. The minimum atomic E-state index is -0.689. The zero-order valence-corrected chi connectivity index (χ0v) is 15.3. The molecule has 0 unspecified atom stereocenters. The van der Waals surface area contributed by atoms with Crippen LogP contribution in [0.2, 0.25) is 0 Å². The highest BCUT2D eigenvalue weighted by Gasteiger charge is 2.54. The number of piperazine rings is 1. The molecule has 1 aromatic carbocycles. The smallest absolute Gasteiger partial charge is 0.246 e. The van der Waals surface area contributed by atoms with E-state index < -0.39 is 11.6 Å². The van der Waals surface area contributed by atoms with Crippen molar-refractivity contribution in [1.29, 1.82) is 0 Å². The van der Waals surface area contributed by atoms with E-state index in [1.807, 2.05) is 49.2 Å². The summed E-state index contributed by atoms with van der Waals surface area (Å²) in [5.41, 5.74) is 2.60. The number of hydrogen-bond donors (Lipinski definition) is 2. The Morgan fingerprint density at radius 2 is 2.12 bits per heavy atom. The zero-order valence-electron chi connectivity index (χ0n) is 15.3. The Hall–Kier alpha value is -2.56. The van der Waals surface area contributed by atoms with Crippen molar-refractivity contribution in [2.24, 2.45) is 0 Å². The summed E-state index contributed by atoms with van der Waals surface area (Å²) in [6.45, 7) is 4.73.